The molecule has 1 aromatic heterocycles. The normalized spacial score (nSPS) is 9.67. The van der Waals surface area contributed by atoms with E-state index in [0.717, 1.165) is 17.3 Å². The van der Waals surface area contributed by atoms with Gasteiger partial charge in [-0.15, -0.1) is 0 Å². The summed E-state index contributed by atoms with van der Waals surface area (Å²) in [5, 5.41) is 11.2. The van der Waals surface area contributed by atoms with Crippen LogP contribution in [0.25, 0.3) is 0 Å². The Morgan fingerprint density at radius 2 is 2.24 bits per heavy atom. The molecule has 0 spiro atoms. The van der Waals surface area contributed by atoms with E-state index in [9.17, 15) is 9.18 Å². The molecule has 0 atom stereocenters. The minimum absolute atomic E-state index is 0.0804. The first-order chi connectivity index (χ1) is 10.1. The van der Waals surface area contributed by atoms with Crippen LogP contribution in [-0.4, -0.2) is 22.6 Å². The van der Waals surface area contributed by atoms with Crippen LogP contribution in [0.5, 0.6) is 0 Å². The number of nitrogens with zero attached hydrogens (tertiary/aromatic N) is 1. The number of carbonyl (C=O) groups excluding carboxylic acids is 1. The van der Waals surface area contributed by atoms with E-state index in [1.165, 1.54) is 12.3 Å². The maximum absolute atomic E-state index is 13.4. The molecule has 0 aliphatic carbocycles. The molecule has 21 heavy (non-hydrogen) atoms. The van der Waals surface area contributed by atoms with Crippen LogP contribution < -0.4 is 5.32 Å². The monoisotopic (exact) mass is 284 g/mol. The number of amides is 1. The summed E-state index contributed by atoms with van der Waals surface area (Å²) in [5.74, 6) is 4.34. The van der Waals surface area contributed by atoms with Crippen molar-refractivity contribution in [3.8, 4) is 11.8 Å². The highest BCUT2D eigenvalue weighted by atomic mass is 19.1. The topological polar surface area (TPSA) is 62.2 Å². The van der Waals surface area contributed by atoms with E-state index in [4.69, 9.17) is 5.11 Å². The molecule has 0 saturated carbocycles. The fourth-order valence-electron chi connectivity index (χ4n) is 1.75. The predicted molar refractivity (Wildman–Crippen MR) is 77.3 cm³/mol. The fourth-order valence-corrected chi connectivity index (χ4v) is 1.75. The summed E-state index contributed by atoms with van der Waals surface area (Å²) >= 11 is 0. The molecule has 0 unspecified atom stereocenters. The first kappa shape index (κ1) is 14.7. The Morgan fingerprint density at radius 1 is 1.43 bits per heavy atom. The van der Waals surface area contributed by atoms with Crippen molar-refractivity contribution < 1.29 is 14.3 Å². The van der Waals surface area contributed by atoms with Crippen molar-refractivity contribution in [3.05, 3.63) is 59.2 Å². The van der Waals surface area contributed by atoms with E-state index in [1.807, 2.05) is 6.92 Å². The average Bonchev–Trinajstić information content (AvgIpc) is 2.48. The van der Waals surface area contributed by atoms with Crippen LogP contribution in [0.4, 0.5) is 10.1 Å². The SMILES string of the molecule is Cc1cc(C(=O)Nc2ccncc2F)ccc1C#CCO. The van der Waals surface area contributed by atoms with Crippen LogP contribution in [0.15, 0.2) is 36.7 Å². The number of pyridine rings is 1. The largest absolute Gasteiger partial charge is 0.384 e. The number of carbonyl (C=O) groups is 1. The van der Waals surface area contributed by atoms with Gasteiger partial charge < -0.3 is 10.4 Å². The molecule has 0 aliphatic heterocycles. The molecule has 0 saturated heterocycles. The molecule has 0 aliphatic rings. The molecule has 4 nitrogen and oxygen atoms in total. The van der Waals surface area contributed by atoms with Crippen molar-refractivity contribution in [2.75, 3.05) is 11.9 Å². The Bertz CT molecular complexity index is 733. The lowest BCUT2D eigenvalue weighted by Gasteiger charge is -2.07. The molecule has 5 heteroatoms. The molecule has 1 heterocycles. The highest BCUT2D eigenvalue weighted by Gasteiger charge is 2.10. The summed E-state index contributed by atoms with van der Waals surface area (Å²) in [4.78, 5) is 15.7. The second kappa shape index (κ2) is 6.64. The third kappa shape index (κ3) is 3.65. The van der Waals surface area contributed by atoms with Gasteiger partial charge in [0.15, 0.2) is 5.82 Å². The molecule has 2 rings (SSSR count). The number of rotatable bonds is 2. The van der Waals surface area contributed by atoms with Gasteiger partial charge in [0.1, 0.15) is 6.61 Å². The number of aromatic nitrogens is 1. The Labute approximate surface area is 121 Å². The zero-order valence-corrected chi connectivity index (χ0v) is 11.4. The van der Waals surface area contributed by atoms with Crippen molar-refractivity contribution in [2.45, 2.75) is 6.92 Å². The number of anilines is 1. The van der Waals surface area contributed by atoms with Gasteiger partial charge in [-0.05, 0) is 36.8 Å². The Kier molecular flexibility index (Phi) is 4.64. The molecule has 0 fully saturated rings. The highest BCUT2D eigenvalue weighted by molar-refractivity contribution is 6.04. The molecule has 0 bridgehead atoms. The summed E-state index contributed by atoms with van der Waals surface area (Å²) in [6.07, 6.45) is 2.44. The van der Waals surface area contributed by atoms with Gasteiger partial charge in [0.2, 0.25) is 0 Å². The Balaban J connectivity index is 2.21. The Morgan fingerprint density at radius 3 is 2.90 bits per heavy atom. The molecule has 1 amide bonds. The lowest BCUT2D eigenvalue weighted by Crippen LogP contribution is -2.13. The average molecular weight is 284 g/mol. The van der Waals surface area contributed by atoms with Gasteiger partial charge >= 0.3 is 0 Å². The number of hydrogen-bond acceptors (Lipinski definition) is 3. The third-order valence-electron chi connectivity index (χ3n) is 2.81. The van der Waals surface area contributed by atoms with Gasteiger partial charge in [0.05, 0.1) is 11.9 Å². The van der Waals surface area contributed by atoms with Gasteiger partial charge in [-0.3, -0.25) is 9.78 Å². The summed E-state index contributed by atoms with van der Waals surface area (Å²) in [5.41, 5.74) is 2.02. The predicted octanol–water partition coefficient (Wildman–Crippen LogP) is 2.13. The van der Waals surface area contributed by atoms with Crippen LogP contribution in [0, 0.1) is 24.6 Å². The number of aryl methyl sites for hydroxylation is 1. The molecule has 106 valence electrons. The lowest BCUT2D eigenvalue weighted by atomic mass is 10.0. The number of aliphatic hydroxyl groups excluding tert-OH is 1. The summed E-state index contributed by atoms with van der Waals surface area (Å²) < 4.78 is 13.4. The summed E-state index contributed by atoms with van der Waals surface area (Å²) in [6, 6.07) is 6.34. The van der Waals surface area contributed by atoms with Crippen molar-refractivity contribution in [3.63, 3.8) is 0 Å². The number of hydrogen-bond donors (Lipinski definition) is 2. The van der Waals surface area contributed by atoms with E-state index in [0.29, 0.717) is 5.56 Å². The lowest BCUT2D eigenvalue weighted by molar-refractivity contribution is 0.102. The van der Waals surface area contributed by atoms with Crippen LogP contribution in [-0.2, 0) is 0 Å². The standard InChI is InChI=1S/C16H13FN2O2/c1-11-9-13(5-4-12(11)3-2-8-20)16(21)19-15-6-7-18-10-14(15)17/h4-7,9-10,20H,8H2,1H3,(H,18,19,21). The molecule has 2 aromatic rings. The smallest absolute Gasteiger partial charge is 0.255 e. The van der Waals surface area contributed by atoms with E-state index in [-0.39, 0.29) is 12.3 Å². The van der Waals surface area contributed by atoms with E-state index >= 15 is 0 Å². The number of benzene rings is 1. The molecule has 1 aromatic carbocycles. The van der Waals surface area contributed by atoms with Crippen LogP contribution in [0.2, 0.25) is 0 Å². The van der Waals surface area contributed by atoms with E-state index < -0.39 is 11.7 Å². The third-order valence-corrected chi connectivity index (χ3v) is 2.81. The maximum Gasteiger partial charge on any atom is 0.255 e. The summed E-state index contributed by atoms with van der Waals surface area (Å²) in [6.45, 7) is 1.59. The first-order valence-electron chi connectivity index (χ1n) is 6.23. The van der Waals surface area contributed by atoms with Gasteiger partial charge in [-0.1, -0.05) is 11.8 Å². The van der Waals surface area contributed by atoms with E-state index in [2.05, 4.69) is 22.1 Å². The molecular weight excluding hydrogens is 271 g/mol. The van der Waals surface area contributed by atoms with Crippen molar-refractivity contribution >= 4 is 11.6 Å². The quantitative estimate of drug-likeness (QED) is 0.830. The van der Waals surface area contributed by atoms with Gasteiger partial charge in [0.25, 0.3) is 5.91 Å². The first-order valence-corrected chi connectivity index (χ1v) is 6.23. The number of halogens is 1. The molecule has 0 radical (unpaired) electrons. The minimum Gasteiger partial charge on any atom is -0.384 e. The zero-order valence-electron chi connectivity index (χ0n) is 11.4. The van der Waals surface area contributed by atoms with Crippen LogP contribution in [0.3, 0.4) is 0 Å². The van der Waals surface area contributed by atoms with Gasteiger partial charge in [-0.2, -0.15) is 0 Å². The molecular formula is C16H13FN2O2. The molecule has 2 N–H and O–H groups in total. The van der Waals surface area contributed by atoms with Crippen molar-refractivity contribution in [2.24, 2.45) is 0 Å². The van der Waals surface area contributed by atoms with Crippen LogP contribution >= 0.6 is 0 Å². The maximum atomic E-state index is 13.4. The number of aliphatic hydroxyl groups is 1. The Hall–Kier alpha value is -2.71. The van der Waals surface area contributed by atoms with Crippen molar-refractivity contribution in [1.82, 2.24) is 4.98 Å². The van der Waals surface area contributed by atoms with Gasteiger partial charge in [0, 0.05) is 17.3 Å². The van der Waals surface area contributed by atoms with Gasteiger partial charge in [-0.25, -0.2) is 4.39 Å². The fraction of sp³-hybridized carbons (Fsp3) is 0.125. The highest BCUT2D eigenvalue weighted by Crippen LogP contribution is 2.15. The van der Waals surface area contributed by atoms with E-state index in [1.54, 1.807) is 18.2 Å². The minimum atomic E-state index is -0.590. The summed E-state index contributed by atoms with van der Waals surface area (Å²) in [7, 11) is 0. The van der Waals surface area contributed by atoms with Crippen molar-refractivity contribution in [1.29, 1.82) is 0 Å². The number of nitrogens with one attached hydrogen (secondary N) is 1. The van der Waals surface area contributed by atoms with Crippen LogP contribution in [0.1, 0.15) is 21.5 Å². The second-order valence-corrected chi connectivity index (χ2v) is 4.30. The second-order valence-electron chi connectivity index (χ2n) is 4.30. The zero-order chi connectivity index (χ0) is 15.2.